The van der Waals surface area contributed by atoms with E-state index < -0.39 is 4.87 Å². The Morgan fingerprint density at radius 1 is 1.12 bits per heavy atom. The van der Waals surface area contributed by atoms with E-state index in [2.05, 4.69) is 0 Å². The fraction of sp³-hybridized carbons (Fsp3) is 0.231. The van der Waals surface area contributed by atoms with Crippen LogP contribution in [-0.4, -0.2) is 36.1 Å². The summed E-state index contributed by atoms with van der Waals surface area (Å²) in [5.74, 6) is 1.13. The highest BCUT2D eigenvalue weighted by Gasteiger charge is 2.59. The van der Waals surface area contributed by atoms with E-state index >= 15 is 0 Å². The minimum absolute atomic E-state index is 0.120. The van der Waals surface area contributed by atoms with Crippen molar-refractivity contribution in [1.82, 2.24) is 4.90 Å². The predicted molar refractivity (Wildman–Crippen MR) is 132 cm³/mol. The number of ether oxygens (including phenoxy) is 1. The lowest BCUT2D eigenvalue weighted by molar-refractivity contribution is -0.123. The first-order valence-electron chi connectivity index (χ1n) is 10.7. The van der Waals surface area contributed by atoms with Crippen molar-refractivity contribution in [1.29, 1.82) is 0 Å². The summed E-state index contributed by atoms with van der Waals surface area (Å²) in [5, 5.41) is 0.541. The van der Waals surface area contributed by atoms with E-state index in [9.17, 15) is 9.59 Å². The maximum absolute atomic E-state index is 14.1. The Hall–Kier alpha value is -2.96. The van der Waals surface area contributed by atoms with Gasteiger partial charge in [0, 0.05) is 28.4 Å². The number of amides is 2. The molecule has 2 heterocycles. The van der Waals surface area contributed by atoms with Gasteiger partial charge in [0.05, 0.1) is 19.3 Å². The van der Waals surface area contributed by atoms with E-state index in [-0.39, 0.29) is 11.8 Å². The number of hydrogen-bond acceptors (Lipinski definition) is 4. The van der Waals surface area contributed by atoms with E-state index in [1.165, 1.54) is 11.8 Å². The fourth-order valence-electron chi connectivity index (χ4n) is 4.55. The molecule has 5 rings (SSSR count). The van der Waals surface area contributed by atoms with Crippen LogP contribution in [0.4, 0.5) is 5.69 Å². The first-order valence-corrected chi connectivity index (χ1v) is 12.1. The van der Waals surface area contributed by atoms with Crippen molar-refractivity contribution in [2.24, 2.45) is 0 Å². The van der Waals surface area contributed by atoms with Gasteiger partial charge in [0.2, 0.25) is 0 Å². The summed E-state index contributed by atoms with van der Waals surface area (Å²) in [7, 11) is 1.62. The zero-order chi connectivity index (χ0) is 23.2. The molecule has 168 valence electrons. The van der Waals surface area contributed by atoms with Crippen LogP contribution in [0, 0.1) is 6.92 Å². The second-order valence-electron chi connectivity index (χ2n) is 8.22. The summed E-state index contributed by atoms with van der Waals surface area (Å²) in [6.45, 7) is 2.85. The minimum atomic E-state index is -1.12. The Bertz CT molecular complexity index is 1250. The zero-order valence-corrected chi connectivity index (χ0v) is 19.9. The number of benzene rings is 3. The molecular weight excluding hydrogens is 456 g/mol. The molecule has 3 aromatic carbocycles. The SMILES string of the molecule is COc1cccc(CN2C(=O)C3(SCCN3C(=O)c3ccc(C)cc3)c3cc(Cl)ccc32)c1. The largest absolute Gasteiger partial charge is 0.497 e. The lowest BCUT2D eigenvalue weighted by Gasteiger charge is -2.33. The van der Waals surface area contributed by atoms with Crippen LogP contribution in [0.15, 0.2) is 66.7 Å². The Morgan fingerprint density at radius 2 is 1.91 bits per heavy atom. The van der Waals surface area contributed by atoms with Gasteiger partial charge in [0.15, 0.2) is 4.87 Å². The number of methoxy groups -OCH3 is 1. The number of hydrogen-bond donors (Lipinski definition) is 0. The average molecular weight is 479 g/mol. The third-order valence-corrected chi connectivity index (χ3v) is 7.83. The van der Waals surface area contributed by atoms with Gasteiger partial charge in [-0.15, -0.1) is 11.8 Å². The normalized spacial score (nSPS) is 19.3. The molecule has 0 aliphatic carbocycles. The third-order valence-electron chi connectivity index (χ3n) is 6.17. The maximum atomic E-state index is 14.1. The van der Waals surface area contributed by atoms with E-state index in [1.807, 2.05) is 67.6 Å². The Kier molecular flexibility index (Phi) is 5.59. The number of thioether (sulfide) groups is 1. The second kappa shape index (κ2) is 8.43. The molecule has 0 aromatic heterocycles. The monoisotopic (exact) mass is 478 g/mol. The van der Waals surface area contributed by atoms with Crippen molar-refractivity contribution in [2.45, 2.75) is 18.3 Å². The number of aryl methyl sites for hydroxylation is 1. The summed E-state index contributed by atoms with van der Waals surface area (Å²) < 4.78 is 5.35. The molecule has 1 spiro atoms. The van der Waals surface area contributed by atoms with Crippen LogP contribution < -0.4 is 9.64 Å². The molecule has 2 aliphatic heterocycles. The molecule has 2 amide bonds. The summed E-state index contributed by atoms with van der Waals surface area (Å²) in [4.78, 5) is 30.0. The molecule has 3 aromatic rings. The highest BCUT2D eigenvalue weighted by atomic mass is 35.5. The number of anilines is 1. The summed E-state index contributed by atoms with van der Waals surface area (Å²) in [6.07, 6.45) is 0. The second-order valence-corrected chi connectivity index (χ2v) is 9.94. The molecule has 0 saturated carbocycles. The van der Waals surface area contributed by atoms with Crippen molar-refractivity contribution in [2.75, 3.05) is 24.3 Å². The van der Waals surface area contributed by atoms with Gasteiger partial charge in [-0.1, -0.05) is 41.4 Å². The molecule has 0 N–H and O–H groups in total. The van der Waals surface area contributed by atoms with Crippen molar-refractivity contribution in [3.8, 4) is 5.75 Å². The molecular formula is C26H23ClN2O3S. The summed E-state index contributed by atoms with van der Waals surface area (Å²) >= 11 is 7.88. The third kappa shape index (κ3) is 3.58. The smallest absolute Gasteiger partial charge is 0.268 e. The van der Waals surface area contributed by atoms with E-state index in [0.717, 1.165) is 28.1 Å². The van der Waals surface area contributed by atoms with E-state index in [1.54, 1.807) is 23.0 Å². The summed E-state index contributed by atoms with van der Waals surface area (Å²) in [5.41, 5.74) is 4.15. The molecule has 1 saturated heterocycles. The molecule has 0 bridgehead atoms. The van der Waals surface area contributed by atoms with Gasteiger partial charge in [0.25, 0.3) is 11.8 Å². The molecule has 0 radical (unpaired) electrons. The zero-order valence-electron chi connectivity index (χ0n) is 18.4. The number of fused-ring (bicyclic) bond motifs is 2. The fourth-order valence-corrected chi connectivity index (χ4v) is 6.17. The van der Waals surface area contributed by atoms with Crippen LogP contribution >= 0.6 is 23.4 Å². The average Bonchev–Trinajstić information content (AvgIpc) is 3.36. The van der Waals surface area contributed by atoms with E-state index in [0.29, 0.717) is 29.4 Å². The standard InChI is InChI=1S/C26H23ClN2O3S/c1-17-6-8-19(9-7-17)24(30)29-12-13-33-26(29)22-15-20(27)10-11-23(22)28(25(26)31)16-18-4-3-5-21(14-18)32-2/h3-11,14-15H,12-13,16H2,1-2H3. The highest BCUT2D eigenvalue weighted by Crippen LogP contribution is 2.55. The van der Waals surface area contributed by atoms with Crippen LogP contribution in [0.2, 0.25) is 5.02 Å². The Labute approximate surface area is 202 Å². The van der Waals surface area contributed by atoms with Gasteiger partial charge in [-0.3, -0.25) is 9.59 Å². The lowest BCUT2D eigenvalue weighted by Crippen LogP contribution is -2.50. The van der Waals surface area contributed by atoms with Crippen molar-refractivity contribution >= 4 is 40.9 Å². The Balaban J connectivity index is 1.58. The van der Waals surface area contributed by atoms with E-state index in [4.69, 9.17) is 16.3 Å². The Morgan fingerprint density at radius 3 is 2.67 bits per heavy atom. The molecule has 33 heavy (non-hydrogen) atoms. The molecule has 2 aliphatic rings. The molecule has 1 atom stereocenters. The van der Waals surface area contributed by atoms with Crippen molar-refractivity contribution in [3.63, 3.8) is 0 Å². The first-order chi connectivity index (χ1) is 15.9. The summed E-state index contributed by atoms with van der Waals surface area (Å²) in [6, 6.07) is 20.6. The van der Waals surface area contributed by atoms with Crippen LogP contribution in [0.1, 0.15) is 27.0 Å². The van der Waals surface area contributed by atoms with Crippen LogP contribution in [0.3, 0.4) is 0 Å². The molecule has 1 fully saturated rings. The van der Waals surface area contributed by atoms with Crippen molar-refractivity contribution < 1.29 is 14.3 Å². The van der Waals surface area contributed by atoms with Gasteiger partial charge in [0.1, 0.15) is 5.75 Å². The minimum Gasteiger partial charge on any atom is -0.497 e. The molecule has 5 nitrogen and oxygen atoms in total. The molecule has 7 heteroatoms. The van der Waals surface area contributed by atoms with Crippen LogP contribution in [0.25, 0.3) is 0 Å². The maximum Gasteiger partial charge on any atom is 0.268 e. The predicted octanol–water partition coefficient (Wildman–Crippen LogP) is 5.25. The highest BCUT2D eigenvalue weighted by molar-refractivity contribution is 8.01. The number of halogens is 1. The van der Waals surface area contributed by atoms with Gasteiger partial charge < -0.3 is 14.5 Å². The topological polar surface area (TPSA) is 49.9 Å². The van der Waals surface area contributed by atoms with Crippen molar-refractivity contribution in [3.05, 3.63) is 94.0 Å². The first kappa shape index (κ1) is 21.9. The number of carbonyl (C=O) groups is 2. The van der Waals surface area contributed by atoms with Gasteiger partial charge in [-0.2, -0.15) is 0 Å². The molecule has 1 unspecified atom stereocenters. The van der Waals surface area contributed by atoms with Gasteiger partial charge >= 0.3 is 0 Å². The number of nitrogens with zero attached hydrogens (tertiary/aromatic N) is 2. The van der Waals surface area contributed by atoms with Gasteiger partial charge in [-0.05, 0) is 55.0 Å². The van der Waals surface area contributed by atoms with Gasteiger partial charge in [-0.25, -0.2) is 0 Å². The van der Waals surface area contributed by atoms with Crippen LogP contribution in [0.5, 0.6) is 5.75 Å². The lowest BCUT2D eigenvalue weighted by atomic mass is 10.0. The number of rotatable bonds is 4. The quantitative estimate of drug-likeness (QED) is 0.514. The number of carbonyl (C=O) groups excluding carboxylic acids is 2. The van der Waals surface area contributed by atoms with Crippen LogP contribution in [-0.2, 0) is 16.2 Å².